The molecule has 4 amide bonds. The number of nitrogens with zero attached hydrogens (tertiary/aromatic N) is 6. The fraction of sp³-hybridized carbons (Fsp3) is 0.610. The summed E-state index contributed by atoms with van der Waals surface area (Å²) in [6.07, 6.45) is -1.51. The van der Waals surface area contributed by atoms with Crippen molar-refractivity contribution in [3.63, 3.8) is 0 Å². The maximum Gasteiger partial charge on any atom is 0.329 e. The van der Waals surface area contributed by atoms with E-state index in [9.17, 15) is 38.4 Å². The molecule has 1 aliphatic carbocycles. The first kappa shape index (κ1) is 61.3. The predicted molar refractivity (Wildman–Crippen MR) is 289 cm³/mol. The lowest BCUT2D eigenvalue weighted by Gasteiger charge is -2.35. The molecule has 0 unspecified atom stereocenters. The molecule has 2 heterocycles. The zero-order chi connectivity index (χ0) is 57.0. The summed E-state index contributed by atoms with van der Waals surface area (Å²) in [7, 11) is 5.59. The largest absolute Gasteiger partial charge is 0.451 e. The number of aromatic nitrogens is 2. The number of hydrogen-bond donors (Lipinski definition) is 0. The molecule has 1 saturated heterocycles. The van der Waals surface area contributed by atoms with Crippen LogP contribution in [0.3, 0.4) is 0 Å². The van der Waals surface area contributed by atoms with Gasteiger partial charge >= 0.3 is 23.9 Å². The molecule has 422 valence electrons. The summed E-state index contributed by atoms with van der Waals surface area (Å²) in [6, 6.07) is 13.3. The number of esters is 4. The van der Waals surface area contributed by atoms with Gasteiger partial charge in [-0.2, -0.15) is 5.10 Å². The molecule has 1 saturated carbocycles. The molecule has 77 heavy (non-hydrogen) atoms. The standard InChI is InChI=1S/C59H84N6O12/c1-35(2)28-46-56(70)74-40(10)53(67)62(12)49(31-38(7)8)59(73)77-51(33-42-20-22-43(23-21-42)34-65-27-26-45(60-65)44-24-25-44)55(69)64(14)47(29-36(3)4)57(71)75-39(9)52(66)61(11)48(30-37(5)6)58(72)76-50(54(68)63(46)13)32-41-18-16-15-17-19-41/h15-23,26-27,35-40,44,46-51H,24-25,28-34H2,1-14H3/t39-,40-,46+,47+,48+,49+,50-,51-/m1/s1. The Balaban J connectivity index is 1.57. The average molecular weight is 1070 g/mol. The van der Waals surface area contributed by atoms with Crippen LogP contribution in [0.5, 0.6) is 0 Å². The van der Waals surface area contributed by atoms with Gasteiger partial charge in [-0.05, 0) is 98.8 Å². The number of hydrogen-bond acceptors (Lipinski definition) is 13. The zero-order valence-corrected chi connectivity index (χ0v) is 47.8. The van der Waals surface area contributed by atoms with E-state index < -0.39 is 96.1 Å². The highest BCUT2D eigenvalue weighted by molar-refractivity contribution is 5.94. The Morgan fingerprint density at radius 1 is 0.455 bits per heavy atom. The second-order valence-corrected chi connectivity index (χ2v) is 22.8. The normalized spacial score (nSPS) is 24.6. The number of carbonyl (C=O) groups is 8. The maximum absolute atomic E-state index is 15.0. The van der Waals surface area contributed by atoms with E-state index in [4.69, 9.17) is 24.0 Å². The highest BCUT2D eigenvalue weighted by Gasteiger charge is 2.43. The van der Waals surface area contributed by atoms with E-state index in [2.05, 4.69) is 0 Å². The van der Waals surface area contributed by atoms with E-state index in [1.165, 1.54) is 46.9 Å². The van der Waals surface area contributed by atoms with E-state index in [1.54, 1.807) is 30.3 Å². The quantitative estimate of drug-likeness (QED) is 0.114. The molecular weight excluding hydrogens is 985 g/mol. The first-order valence-corrected chi connectivity index (χ1v) is 27.3. The SMILES string of the molecule is CC(C)C[C@H]1C(=O)O[C@H](Cc2ccc(Cn3ccc(C4CC4)n3)cc2)C(=O)N(C)[C@@H](CC(C)C)C(=O)O[C@H](C)C(=O)N(C)[C@@H](CC(C)C)C(=O)O[C@H](Cc2ccccc2)C(=O)N(C)[C@@H](CC(C)C)C(=O)O[C@H](C)C(=O)N1C. The number of likely N-dealkylation sites (N-methyl/N-ethyl adjacent to an activating group) is 4. The summed E-state index contributed by atoms with van der Waals surface area (Å²) in [5.74, 6) is -6.73. The van der Waals surface area contributed by atoms with Gasteiger partial charge in [0.15, 0.2) is 24.4 Å². The molecule has 5 rings (SSSR count). The van der Waals surface area contributed by atoms with Gasteiger partial charge in [0.1, 0.15) is 24.2 Å². The Hall–Kier alpha value is -6.59. The molecule has 1 aromatic heterocycles. The molecule has 3 aromatic rings. The van der Waals surface area contributed by atoms with Crippen LogP contribution in [0.15, 0.2) is 66.9 Å². The average Bonchev–Trinajstić information content (AvgIpc) is 4.13. The molecule has 0 N–H and O–H groups in total. The van der Waals surface area contributed by atoms with Crippen LogP contribution in [0.2, 0.25) is 0 Å². The van der Waals surface area contributed by atoms with Gasteiger partial charge in [-0.25, -0.2) is 19.2 Å². The van der Waals surface area contributed by atoms with Crippen molar-refractivity contribution in [2.45, 2.75) is 182 Å². The Kier molecular flexibility index (Phi) is 22.0. The minimum absolute atomic E-state index is 0.0867. The van der Waals surface area contributed by atoms with Crippen LogP contribution >= 0.6 is 0 Å². The molecule has 0 radical (unpaired) electrons. The van der Waals surface area contributed by atoms with Crippen molar-refractivity contribution in [1.82, 2.24) is 29.4 Å². The molecule has 18 nitrogen and oxygen atoms in total. The van der Waals surface area contributed by atoms with Gasteiger partial charge in [-0.3, -0.25) is 23.9 Å². The van der Waals surface area contributed by atoms with Gasteiger partial charge < -0.3 is 38.5 Å². The van der Waals surface area contributed by atoms with Crippen molar-refractivity contribution in [3.05, 3.63) is 89.2 Å². The van der Waals surface area contributed by atoms with E-state index in [1.807, 2.05) is 96.6 Å². The molecule has 1 aliphatic heterocycles. The van der Waals surface area contributed by atoms with Gasteiger partial charge in [0.2, 0.25) is 0 Å². The number of carbonyl (C=O) groups excluding carboxylic acids is 8. The highest BCUT2D eigenvalue weighted by atomic mass is 16.6. The Morgan fingerprint density at radius 3 is 1.16 bits per heavy atom. The third-order valence-electron chi connectivity index (χ3n) is 14.2. The van der Waals surface area contributed by atoms with E-state index in [0.29, 0.717) is 23.6 Å². The molecule has 0 bridgehead atoms. The maximum atomic E-state index is 15.0. The minimum atomic E-state index is -1.52. The van der Waals surface area contributed by atoms with Crippen LogP contribution < -0.4 is 0 Å². The lowest BCUT2D eigenvalue weighted by Crippen LogP contribution is -2.55. The van der Waals surface area contributed by atoms with Crippen molar-refractivity contribution < 1.29 is 57.3 Å². The predicted octanol–water partition coefficient (Wildman–Crippen LogP) is 6.79. The highest BCUT2D eigenvalue weighted by Crippen LogP contribution is 2.39. The number of benzene rings is 2. The van der Waals surface area contributed by atoms with Crippen molar-refractivity contribution in [1.29, 1.82) is 0 Å². The molecule has 18 heteroatoms. The number of amides is 4. The summed E-state index contributed by atoms with van der Waals surface area (Å²) < 4.78 is 25.9. The first-order chi connectivity index (χ1) is 36.2. The molecule has 0 spiro atoms. The van der Waals surface area contributed by atoms with Crippen LogP contribution in [0.1, 0.15) is 136 Å². The summed E-state index contributed by atoms with van der Waals surface area (Å²) in [5, 5.41) is 4.73. The zero-order valence-electron chi connectivity index (χ0n) is 47.8. The number of rotatable bonds is 15. The topological polar surface area (TPSA) is 204 Å². The van der Waals surface area contributed by atoms with Gasteiger partial charge in [0.05, 0.1) is 12.2 Å². The van der Waals surface area contributed by atoms with Gasteiger partial charge in [-0.15, -0.1) is 0 Å². The monoisotopic (exact) mass is 1070 g/mol. The molecular formula is C59H84N6O12. The molecule has 2 fully saturated rings. The van der Waals surface area contributed by atoms with Crippen LogP contribution in [0, 0.1) is 23.7 Å². The summed E-state index contributed by atoms with van der Waals surface area (Å²) in [5.41, 5.74) is 3.30. The Labute approximate surface area is 455 Å². The first-order valence-electron chi connectivity index (χ1n) is 27.3. The second kappa shape index (κ2) is 27.6. The fourth-order valence-electron chi connectivity index (χ4n) is 9.55. The Bertz CT molecular complexity index is 2490. The van der Waals surface area contributed by atoms with Gasteiger partial charge in [0, 0.05) is 53.1 Å². The summed E-state index contributed by atoms with van der Waals surface area (Å²) in [4.78, 5) is 121. The molecule has 2 aromatic carbocycles. The minimum Gasteiger partial charge on any atom is -0.451 e. The van der Waals surface area contributed by atoms with Crippen molar-refractivity contribution in [2.75, 3.05) is 28.2 Å². The van der Waals surface area contributed by atoms with Gasteiger partial charge in [0.25, 0.3) is 23.6 Å². The lowest BCUT2D eigenvalue weighted by molar-refractivity contribution is -0.176. The summed E-state index contributed by atoms with van der Waals surface area (Å²) >= 11 is 0. The third-order valence-corrected chi connectivity index (χ3v) is 14.2. The number of cyclic esters (lactones) is 4. The van der Waals surface area contributed by atoms with Crippen molar-refractivity contribution in [3.8, 4) is 0 Å². The second-order valence-electron chi connectivity index (χ2n) is 22.8. The van der Waals surface area contributed by atoms with E-state index >= 15 is 0 Å². The smallest absolute Gasteiger partial charge is 0.329 e. The number of ether oxygens (including phenoxy) is 4. The van der Waals surface area contributed by atoms with Gasteiger partial charge in [-0.1, -0.05) is 110 Å². The van der Waals surface area contributed by atoms with Crippen LogP contribution in [-0.2, 0) is 76.7 Å². The fourth-order valence-corrected chi connectivity index (χ4v) is 9.55. The van der Waals surface area contributed by atoms with Crippen LogP contribution in [-0.4, -0.2) is 154 Å². The molecule has 2 aliphatic rings. The lowest BCUT2D eigenvalue weighted by atomic mass is 9.99. The van der Waals surface area contributed by atoms with Crippen LogP contribution in [0.25, 0.3) is 0 Å². The van der Waals surface area contributed by atoms with Crippen molar-refractivity contribution >= 4 is 47.5 Å². The summed E-state index contributed by atoms with van der Waals surface area (Å²) in [6.45, 7) is 18.1. The van der Waals surface area contributed by atoms with Crippen molar-refractivity contribution in [2.24, 2.45) is 23.7 Å². The van der Waals surface area contributed by atoms with E-state index in [0.717, 1.165) is 38.8 Å². The molecule has 8 atom stereocenters. The van der Waals surface area contributed by atoms with E-state index in [-0.39, 0.29) is 62.2 Å². The third kappa shape index (κ3) is 17.2. The Morgan fingerprint density at radius 2 is 0.792 bits per heavy atom. The van der Waals surface area contributed by atoms with Crippen LogP contribution in [0.4, 0.5) is 0 Å².